The maximum atomic E-state index is 6.01. The normalized spacial score (nSPS) is 12.2. The highest BCUT2D eigenvalue weighted by molar-refractivity contribution is 5.83. The van der Waals surface area contributed by atoms with Crippen molar-refractivity contribution in [3.63, 3.8) is 0 Å². The number of ether oxygens (including phenoxy) is 4. The summed E-state index contributed by atoms with van der Waals surface area (Å²) in [5.41, 5.74) is 8.99. The third-order valence-electron chi connectivity index (χ3n) is 4.03. The topological polar surface area (TPSA) is 89.0 Å². The Balaban J connectivity index is 1.82. The lowest BCUT2D eigenvalue weighted by atomic mass is 10.0. The molecule has 0 saturated heterocycles. The van der Waals surface area contributed by atoms with Gasteiger partial charge in [0.05, 0.1) is 26.1 Å². The highest BCUT2D eigenvalue weighted by Crippen LogP contribution is 2.46. The molecule has 1 aromatic heterocycles. The van der Waals surface area contributed by atoms with Crippen molar-refractivity contribution in [2.45, 2.75) is 0 Å². The highest BCUT2D eigenvalue weighted by atomic mass is 16.7. The molecule has 0 unspecified atom stereocenters. The van der Waals surface area contributed by atoms with Crippen molar-refractivity contribution in [3.05, 3.63) is 36.5 Å². The van der Waals surface area contributed by atoms with E-state index in [1.807, 2.05) is 30.3 Å². The molecule has 0 fully saturated rings. The zero-order chi connectivity index (χ0) is 17.4. The first kappa shape index (κ1) is 15.2. The van der Waals surface area contributed by atoms with Gasteiger partial charge in [0.1, 0.15) is 5.75 Å². The van der Waals surface area contributed by atoms with Crippen LogP contribution in [-0.2, 0) is 0 Å². The molecule has 7 nitrogen and oxygen atoms in total. The number of methoxy groups -OCH3 is 2. The lowest BCUT2D eigenvalue weighted by molar-refractivity contribution is 0.171. The Labute approximate surface area is 143 Å². The van der Waals surface area contributed by atoms with E-state index < -0.39 is 0 Å². The van der Waals surface area contributed by atoms with Crippen LogP contribution in [0.1, 0.15) is 0 Å². The molecule has 2 aromatic carbocycles. The summed E-state index contributed by atoms with van der Waals surface area (Å²) >= 11 is 0. The van der Waals surface area contributed by atoms with Gasteiger partial charge in [-0.05, 0) is 29.8 Å². The van der Waals surface area contributed by atoms with Crippen LogP contribution in [-0.4, -0.2) is 26.2 Å². The van der Waals surface area contributed by atoms with Gasteiger partial charge < -0.3 is 29.2 Å². The van der Waals surface area contributed by atoms with Crippen molar-refractivity contribution >= 4 is 5.69 Å². The van der Waals surface area contributed by atoms with Gasteiger partial charge >= 0.3 is 0 Å². The van der Waals surface area contributed by atoms with Crippen molar-refractivity contribution in [1.82, 2.24) is 5.16 Å². The minimum atomic E-state index is 0.160. The van der Waals surface area contributed by atoms with Crippen molar-refractivity contribution in [3.8, 4) is 45.4 Å². The molecule has 2 heterocycles. The Hall–Kier alpha value is -3.35. The fourth-order valence-electron chi connectivity index (χ4n) is 2.82. The molecule has 25 heavy (non-hydrogen) atoms. The molecule has 2 N–H and O–H groups in total. The maximum absolute atomic E-state index is 6.01. The van der Waals surface area contributed by atoms with Gasteiger partial charge in [-0.15, -0.1) is 0 Å². The Morgan fingerprint density at radius 2 is 1.84 bits per heavy atom. The molecule has 1 aliphatic rings. The number of nitrogen functional groups attached to an aromatic ring is 1. The average molecular weight is 340 g/mol. The van der Waals surface area contributed by atoms with E-state index in [4.69, 9.17) is 29.2 Å². The molecule has 4 rings (SSSR count). The molecule has 0 amide bonds. The van der Waals surface area contributed by atoms with Crippen molar-refractivity contribution in [2.24, 2.45) is 0 Å². The standard InChI is InChI=1S/C18H16N2O5/c1-21-14-4-3-10(5-13(14)19)12-8-20-25-17(12)11-6-15(22-2)18-16(7-11)23-9-24-18/h3-8H,9,19H2,1-2H3. The summed E-state index contributed by atoms with van der Waals surface area (Å²) in [7, 11) is 3.15. The van der Waals surface area contributed by atoms with Crippen LogP contribution in [0.25, 0.3) is 22.5 Å². The largest absolute Gasteiger partial charge is 0.495 e. The van der Waals surface area contributed by atoms with Gasteiger partial charge in [0.2, 0.25) is 12.5 Å². The maximum Gasteiger partial charge on any atom is 0.231 e. The first-order chi connectivity index (χ1) is 12.2. The van der Waals surface area contributed by atoms with Crippen molar-refractivity contribution in [1.29, 1.82) is 0 Å². The van der Waals surface area contributed by atoms with Gasteiger partial charge in [-0.1, -0.05) is 11.2 Å². The summed E-state index contributed by atoms with van der Waals surface area (Å²) in [6.45, 7) is 0.160. The van der Waals surface area contributed by atoms with Gasteiger partial charge in [-0.25, -0.2) is 0 Å². The number of hydrogen-bond acceptors (Lipinski definition) is 7. The molecule has 3 aromatic rings. The van der Waals surface area contributed by atoms with E-state index in [0.29, 0.717) is 34.4 Å². The zero-order valence-corrected chi connectivity index (χ0v) is 13.7. The van der Waals surface area contributed by atoms with Crippen LogP contribution >= 0.6 is 0 Å². The van der Waals surface area contributed by atoms with E-state index in [-0.39, 0.29) is 6.79 Å². The molecule has 0 saturated carbocycles. The summed E-state index contributed by atoms with van der Waals surface area (Å²) in [4.78, 5) is 0. The van der Waals surface area contributed by atoms with Crippen LogP contribution in [0.5, 0.6) is 23.0 Å². The number of hydrogen-bond donors (Lipinski definition) is 1. The van der Waals surface area contributed by atoms with Gasteiger partial charge in [-0.3, -0.25) is 0 Å². The number of fused-ring (bicyclic) bond motifs is 1. The monoisotopic (exact) mass is 340 g/mol. The molecule has 7 heteroatoms. The fourth-order valence-corrected chi connectivity index (χ4v) is 2.82. The Morgan fingerprint density at radius 3 is 2.60 bits per heavy atom. The van der Waals surface area contributed by atoms with Crippen LogP contribution in [0.2, 0.25) is 0 Å². The summed E-state index contributed by atoms with van der Waals surface area (Å²) in [6, 6.07) is 9.18. The summed E-state index contributed by atoms with van der Waals surface area (Å²) in [6.07, 6.45) is 1.65. The van der Waals surface area contributed by atoms with E-state index in [9.17, 15) is 0 Å². The molecular weight excluding hydrogens is 324 g/mol. The smallest absolute Gasteiger partial charge is 0.231 e. The molecule has 128 valence electrons. The van der Waals surface area contributed by atoms with Gasteiger partial charge in [-0.2, -0.15) is 0 Å². The van der Waals surface area contributed by atoms with E-state index in [1.165, 1.54) is 0 Å². The number of aromatic nitrogens is 1. The lowest BCUT2D eigenvalue weighted by Crippen LogP contribution is -1.93. The predicted molar refractivity (Wildman–Crippen MR) is 91.0 cm³/mol. The molecule has 0 radical (unpaired) electrons. The van der Waals surface area contributed by atoms with Crippen LogP contribution in [0.3, 0.4) is 0 Å². The van der Waals surface area contributed by atoms with Gasteiger partial charge in [0.15, 0.2) is 17.3 Å². The minimum absolute atomic E-state index is 0.160. The predicted octanol–water partition coefficient (Wildman–Crippen LogP) is 3.34. The number of benzene rings is 2. The van der Waals surface area contributed by atoms with E-state index in [2.05, 4.69) is 5.16 Å². The SMILES string of the molecule is COc1ccc(-c2cnoc2-c2cc(OC)c3c(c2)OCO3)cc1N. The fraction of sp³-hybridized carbons (Fsp3) is 0.167. The van der Waals surface area contributed by atoms with Crippen LogP contribution in [0, 0.1) is 0 Å². The van der Waals surface area contributed by atoms with Gasteiger partial charge in [0, 0.05) is 11.1 Å². The van der Waals surface area contributed by atoms with Crippen molar-refractivity contribution in [2.75, 3.05) is 26.7 Å². The summed E-state index contributed by atoms with van der Waals surface area (Å²) in [5.74, 6) is 2.96. The Kier molecular flexibility index (Phi) is 3.61. The highest BCUT2D eigenvalue weighted by Gasteiger charge is 2.23. The zero-order valence-electron chi connectivity index (χ0n) is 13.7. The molecule has 0 spiro atoms. The molecule has 1 aliphatic heterocycles. The Morgan fingerprint density at radius 1 is 1.00 bits per heavy atom. The number of nitrogens with two attached hydrogens (primary N) is 1. The van der Waals surface area contributed by atoms with E-state index in [0.717, 1.165) is 16.7 Å². The third kappa shape index (κ3) is 2.50. The molecule has 0 atom stereocenters. The quantitative estimate of drug-likeness (QED) is 0.729. The van der Waals surface area contributed by atoms with E-state index in [1.54, 1.807) is 20.4 Å². The molecular formula is C18H16N2O5. The summed E-state index contributed by atoms with van der Waals surface area (Å²) < 4.78 is 27.0. The third-order valence-corrected chi connectivity index (χ3v) is 4.03. The number of rotatable bonds is 4. The first-order valence-electron chi connectivity index (χ1n) is 7.58. The summed E-state index contributed by atoms with van der Waals surface area (Å²) in [5, 5.41) is 3.94. The molecule has 0 bridgehead atoms. The number of nitrogens with zero attached hydrogens (tertiary/aromatic N) is 1. The molecule has 0 aliphatic carbocycles. The van der Waals surface area contributed by atoms with Crippen LogP contribution in [0.15, 0.2) is 41.1 Å². The van der Waals surface area contributed by atoms with Crippen LogP contribution in [0.4, 0.5) is 5.69 Å². The van der Waals surface area contributed by atoms with Crippen LogP contribution < -0.4 is 24.7 Å². The minimum Gasteiger partial charge on any atom is -0.495 e. The first-order valence-corrected chi connectivity index (χ1v) is 7.58. The van der Waals surface area contributed by atoms with Gasteiger partial charge in [0.25, 0.3) is 0 Å². The number of anilines is 1. The second-order valence-electron chi connectivity index (χ2n) is 5.44. The average Bonchev–Trinajstić information content (AvgIpc) is 3.29. The second kappa shape index (κ2) is 5.94. The Bertz CT molecular complexity index is 935. The lowest BCUT2D eigenvalue weighted by Gasteiger charge is -2.09. The second-order valence-corrected chi connectivity index (χ2v) is 5.44. The van der Waals surface area contributed by atoms with Crippen molar-refractivity contribution < 1.29 is 23.5 Å². The van der Waals surface area contributed by atoms with E-state index >= 15 is 0 Å².